The van der Waals surface area contributed by atoms with Gasteiger partial charge in [-0.1, -0.05) is 149 Å². The van der Waals surface area contributed by atoms with Crippen LogP contribution in [0.2, 0.25) is 0 Å². The highest BCUT2D eigenvalue weighted by Crippen LogP contribution is 2.34. The van der Waals surface area contributed by atoms with Crippen LogP contribution in [0.15, 0.2) is 148 Å². The lowest BCUT2D eigenvalue weighted by Crippen LogP contribution is -2.06. The fraction of sp³-hybridized carbons (Fsp3) is 0.111. The van der Waals surface area contributed by atoms with Gasteiger partial charge in [-0.3, -0.25) is 0 Å². The number of hydrogen-bond donors (Lipinski definition) is 0. The average Bonchev–Trinajstić information content (AvgIpc) is 2.88. The Morgan fingerprint density at radius 2 is 1.42 bits per heavy atom. The third-order valence-corrected chi connectivity index (χ3v) is 6.23. The van der Waals surface area contributed by atoms with Crippen LogP contribution >= 0.6 is 0 Å². The van der Waals surface area contributed by atoms with E-state index in [4.69, 9.17) is 0 Å². The first-order valence-electron chi connectivity index (χ1n) is 12.2. The van der Waals surface area contributed by atoms with Gasteiger partial charge >= 0.3 is 0 Å². The summed E-state index contributed by atoms with van der Waals surface area (Å²) in [4.78, 5) is 0. The molecule has 0 saturated carbocycles. The zero-order chi connectivity index (χ0) is 26.5. The molecule has 0 aliphatic heterocycles. The van der Waals surface area contributed by atoms with E-state index in [2.05, 4.69) is 70.8 Å². The van der Waals surface area contributed by atoms with Crippen LogP contribution in [0.25, 0.3) is 23.3 Å². The predicted molar refractivity (Wildman–Crippen MR) is 165 cm³/mol. The van der Waals surface area contributed by atoms with Crippen LogP contribution in [-0.4, -0.2) is 0 Å². The van der Waals surface area contributed by atoms with Crippen LogP contribution in [-0.2, 0) is 0 Å². The highest BCUT2D eigenvalue weighted by atomic mass is 14.2. The maximum absolute atomic E-state index is 4.48. The minimum Gasteiger partial charge on any atom is -0.0991 e. The van der Waals surface area contributed by atoms with Crippen molar-refractivity contribution >= 4 is 23.3 Å². The number of rotatable bonds is 11. The van der Waals surface area contributed by atoms with Gasteiger partial charge in [0.1, 0.15) is 0 Å². The molecule has 1 aromatic rings. The van der Waals surface area contributed by atoms with E-state index in [0.29, 0.717) is 5.92 Å². The van der Waals surface area contributed by atoms with E-state index in [-0.39, 0.29) is 0 Å². The van der Waals surface area contributed by atoms with Crippen LogP contribution in [0.4, 0.5) is 0 Å². The molecule has 182 valence electrons. The van der Waals surface area contributed by atoms with E-state index in [1.165, 1.54) is 5.57 Å². The topological polar surface area (TPSA) is 0 Å². The minimum absolute atomic E-state index is 0.392. The van der Waals surface area contributed by atoms with E-state index in [1.54, 1.807) is 6.08 Å². The Bertz CT molecular complexity index is 1230. The van der Waals surface area contributed by atoms with Crippen LogP contribution in [0.1, 0.15) is 41.5 Å². The normalized spacial score (nSPS) is 14.8. The van der Waals surface area contributed by atoms with Gasteiger partial charge in [-0.05, 0) is 69.7 Å². The summed E-state index contributed by atoms with van der Waals surface area (Å²) in [6.45, 7) is 33.2. The molecule has 1 unspecified atom stereocenters. The summed E-state index contributed by atoms with van der Waals surface area (Å²) in [5.74, 6) is 0.392. The lowest BCUT2D eigenvalue weighted by molar-refractivity contribution is 0.579. The quantitative estimate of drug-likeness (QED) is 0.282. The van der Waals surface area contributed by atoms with Crippen molar-refractivity contribution in [1.82, 2.24) is 0 Å². The molecule has 0 saturated heterocycles. The van der Waals surface area contributed by atoms with Gasteiger partial charge in [-0.15, -0.1) is 0 Å². The number of hydrogen-bond acceptors (Lipinski definition) is 0. The lowest BCUT2D eigenvalue weighted by Gasteiger charge is -2.22. The Kier molecular flexibility index (Phi) is 11.1. The molecule has 0 bridgehead atoms. The summed E-state index contributed by atoms with van der Waals surface area (Å²) in [6, 6.07) is 12.2. The van der Waals surface area contributed by atoms with Crippen molar-refractivity contribution in [3.8, 4) is 0 Å². The molecule has 1 aliphatic carbocycles. The van der Waals surface area contributed by atoms with Gasteiger partial charge in [-0.25, -0.2) is 0 Å². The first-order chi connectivity index (χ1) is 17.3. The van der Waals surface area contributed by atoms with Gasteiger partial charge in [0, 0.05) is 0 Å². The molecule has 0 fully saturated rings. The third kappa shape index (κ3) is 7.68. The second-order valence-corrected chi connectivity index (χ2v) is 8.73. The molecule has 0 spiro atoms. The van der Waals surface area contributed by atoms with E-state index in [0.717, 1.165) is 63.8 Å². The molecular formula is C36H38. The first kappa shape index (κ1) is 28.1. The zero-order valence-electron chi connectivity index (χ0n) is 21.5. The molecule has 1 atom stereocenters. The van der Waals surface area contributed by atoms with Gasteiger partial charge in [0.2, 0.25) is 0 Å². The van der Waals surface area contributed by atoms with Crippen molar-refractivity contribution in [2.75, 3.05) is 0 Å². The Balaban J connectivity index is 2.59. The summed E-state index contributed by atoms with van der Waals surface area (Å²) in [5, 5.41) is 0. The molecule has 2 rings (SSSR count). The smallest absolute Gasteiger partial charge is 0.0106 e. The fourth-order valence-electron chi connectivity index (χ4n) is 4.11. The maximum Gasteiger partial charge on any atom is -0.0106 e. The van der Waals surface area contributed by atoms with E-state index in [1.807, 2.05) is 66.8 Å². The third-order valence-electron chi connectivity index (χ3n) is 6.23. The van der Waals surface area contributed by atoms with E-state index >= 15 is 0 Å². The maximum atomic E-state index is 4.48. The average molecular weight is 471 g/mol. The van der Waals surface area contributed by atoms with Gasteiger partial charge < -0.3 is 0 Å². The van der Waals surface area contributed by atoms with Gasteiger partial charge in [0.25, 0.3) is 0 Å². The number of allylic oxidation sites excluding steroid dienone is 12. The summed E-state index contributed by atoms with van der Waals surface area (Å²) in [7, 11) is 0. The highest BCUT2D eigenvalue weighted by molar-refractivity contribution is 5.85. The minimum atomic E-state index is 0.392. The molecule has 0 heteroatoms. The molecule has 0 radical (unpaired) electrons. The molecular weight excluding hydrogens is 432 g/mol. The SMILES string of the molecule is C=CC=CC(=C)C(=C)C=CC(=C)c1ccccccc(C(=C)CC2CCC=CC2=C)c(C=C)c1C=C. The van der Waals surface area contributed by atoms with Crippen molar-refractivity contribution in [3.05, 3.63) is 171 Å². The molecule has 36 heavy (non-hydrogen) atoms. The van der Waals surface area contributed by atoms with Gasteiger partial charge in [0.15, 0.2) is 0 Å². The van der Waals surface area contributed by atoms with Crippen LogP contribution in [0, 0.1) is 5.92 Å². The standard InChI is InChI=1S/C36H38/c1-9-12-19-27(4)28(5)24-25-30(7)35-22-15-13-14-16-23-36(34(11-3)33(35)10-2)31(8)26-32-21-18-17-20-29(32)6/h9-17,19-20,22-25,32H,1-8,18,21,26H2. The van der Waals surface area contributed by atoms with Crippen LogP contribution < -0.4 is 0 Å². The van der Waals surface area contributed by atoms with Gasteiger partial charge in [0.05, 0.1) is 0 Å². The van der Waals surface area contributed by atoms with Crippen molar-refractivity contribution in [2.24, 2.45) is 5.92 Å². The summed E-state index contributed by atoms with van der Waals surface area (Å²) in [5.41, 5.74) is 8.59. The molecule has 1 aliphatic rings. The van der Waals surface area contributed by atoms with Crippen molar-refractivity contribution in [3.63, 3.8) is 0 Å². The van der Waals surface area contributed by atoms with Crippen molar-refractivity contribution in [1.29, 1.82) is 0 Å². The molecule has 0 nitrogen and oxygen atoms in total. The molecule has 0 aromatic heterocycles. The predicted octanol–water partition coefficient (Wildman–Crippen LogP) is 10.4. The summed E-state index contributed by atoms with van der Waals surface area (Å²) in [6.07, 6.45) is 20.4. The Hall–Kier alpha value is -4.16. The molecule has 0 N–H and O–H groups in total. The first-order valence-corrected chi connectivity index (χ1v) is 12.2. The second-order valence-electron chi connectivity index (χ2n) is 8.73. The van der Waals surface area contributed by atoms with Crippen molar-refractivity contribution in [2.45, 2.75) is 19.3 Å². The van der Waals surface area contributed by atoms with Crippen LogP contribution in [0.3, 0.4) is 0 Å². The summed E-state index contributed by atoms with van der Waals surface area (Å²) >= 11 is 0. The van der Waals surface area contributed by atoms with Crippen molar-refractivity contribution < 1.29 is 0 Å². The van der Waals surface area contributed by atoms with Gasteiger partial charge in [-0.2, -0.15) is 0 Å². The Labute approximate surface area is 218 Å². The molecule has 1 aromatic carbocycles. The Morgan fingerprint density at radius 3 is 2.03 bits per heavy atom. The molecule has 0 amide bonds. The highest BCUT2D eigenvalue weighted by Gasteiger charge is 2.17. The van der Waals surface area contributed by atoms with E-state index < -0.39 is 0 Å². The summed E-state index contributed by atoms with van der Waals surface area (Å²) < 4.78 is 0. The largest absolute Gasteiger partial charge is 0.0991 e. The second kappa shape index (κ2) is 14.3. The lowest BCUT2D eigenvalue weighted by atomic mass is 9.82. The van der Waals surface area contributed by atoms with Crippen LogP contribution in [0.5, 0.6) is 0 Å². The monoisotopic (exact) mass is 470 g/mol. The molecule has 0 heterocycles. The Morgan fingerprint density at radius 1 is 0.806 bits per heavy atom. The zero-order valence-corrected chi connectivity index (χ0v) is 21.5. The van der Waals surface area contributed by atoms with E-state index in [9.17, 15) is 0 Å². The fourth-order valence-corrected chi connectivity index (χ4v) is 4.11.